The van der Waals surface area contributed by atoms with E-state index < -0.39 is 17.8 Å². The summed E-state index contributed by atoms with van der Waals surface area (Å²) in [6.45, 7) is 1.60. The molecule has 0 radical (unpaired) electrons. The van der Waals surface area contributed by atoms with Crippen molar-refractivity contribution in [3.05, 3.63) is 53.6 Å². The van der Waals surface area contributed by atoms with Crippen LogP contribution in [0.4, 0.5) is 18.9 Å². The minimum absolute atomic E-state index is 0.0855. The fourth-order valence-electron chi connectivity index (χ4n) is 2.45. The highest BCUT2D eigenvalue weighted by Crippen LogP contribution is 2.31. The Morgan fingerprint density at radius 1 is 1.11 bits per heavy atom. The van der Waals surface area contributed by atoms with Crippen molar-refractivity contribution in [3.63, 3.8) is 0 Å². The molecule has 0 bridgehead atoms. The highest BCUT2D eigenvalue weighted by Gasteiger charge is 2.30. The van der Waals surface area contributed by atoms with Crippen molar-refractivity contribution in [3.8, 4) is 11.5 Å². The van der Waals surface area contributed by atoms with Gasteiger partial charge in [0.05, 0.1) is 32.0 Å². The largest absolute Gasteiger partial charge is 0.497 e. The number of carbonyl (C=O) groups is 1. The van der Waals surface area contributed by atoms with Crippen LogP contribution in [0.1, 0.15) is 24.1 Å². The molecule has 0 aromatic heterocycles. The molecule has 27 heavy (non-hydrogen) atoms. The van der Waals surface area contributed by atoms with Crippen molar-refractivity contribution < 1.29 is 27.4 Å². The summed E-state index contributed by atoms with van der Waals surface area (Å²) in [5.41, 5.74) is 0.158. The van der Waals surface area contributed by atoms with Gasteiger partial charge in [-0.25, -0.2) is 0 Å². The molecule has 0 fully saturated rings. The predicted octanol–water partition coefficient (Wildman–Crippen LogP) is 4.01. The van der Waals surface area contributed by atoms with Crippen LogP contribution in [-0.2, 0) is 11.0 Å². The number of halogens is 3. The number of hydrogen-bond donors (Lipinski definition) is 2. The highest BCUT2D eigenvalue weighted by atomic mass is 19.4. The van der Waals surface area contributed by atoms with Crippen LogP contribution in [0.2, 0.25) is 0 Å². The lowest BCUT2D eigenvalue weighted by molar-refractivity contribution is -0.137. The SMILES string of the molecule is COc1ccc(OC)c(NC(=O)CN[C@@H](C)c2cccc(C(F)(F)F)c2)c1. The maximum atomic E-state index is 12.8. The maximum Gasteiger partial charge on any atom is 0.416 e. The summed E-state index contributed by atoms with van der Waals surface area (Å²) in [5.74, 6) is 0.659. The van der Waals surface area contributed by atoms with Crippen LogP contribution in [0, 0.1) is 0 Å². The van der Waals surface area contributed by atoms with Crippen LogP contribution in [-0.4, -0.2) is 26.7 Å². The van der Waals surface area contributed by atoms with E-state index >= 15 is 0 Å². The third-order valence-electron chi connectivity index (χ3n) is 3.96. The molecule has 0 unspecified atom stereocenters. The van der Waals surface area contributed by atoms with Crippen molar-refractivity contribution >= 4 is 11.6 Å². The molecule has 0 aliphatic rings. The number of methoxy groups -OCH3 is 2. The summed E-state index contributed by atoms with van der Waals surface area (Å²) in [7, 11) is 2.98. The van der Waals surface area contributed by atoms with Gasteiger partial charge in [-0.05, 0) is 36.8 Å². The van der Waals surface area contributed by atoms with E-state index in [2.05, 4.69) is 10.6 Å². The molecule has 146 valence electrons. The highest BCUT2D eigenvalue weighted by molar-refractivity contribution is 5.94. The van der Waals surface area contributed by atoms with Crippen LogP contribution in [0.15, 0.2) is 42.5 Å². The lowest BCUT2D eigenvalue weighted by Crippen LogP contribution is -2.30. The average molecular weight is 382 g/mol. The third-order valence-corrected chi connectivity index (χ3v) is 3.96. The number of rotatable bonds is 7. The lowest BCUT2D eigenvalue weighted by Gasteiger charge is -2.17. The summed E-state index contributed by atoms with van der Waals surface area (Å²) in [6.07, 6.45) is -4.41. The first kappa shape index (κ1) is 20.6. The van der Waals surface area contributed by atoms with Crippen molar-refractivity contribution in [1.29, 1.82) is 0 Å². The Morgan fingerprint density at radius 3 is 2.48 bits per heavy atom. The minimum atomic E-state index is -4.41. The van der Waals surface area contributed by atoms with E-state index in [1.165, 1.54) is 20.3 Å². The quantitative estimate of drug-likeness (QED) is 0.760. The van der Waals surface area contributed by atoms with Crippen molar-refractivity contribution in [2.24, 2.45) is 0 Å². The van der Waals surface area contributed by atoms with Crippen molar-refractivity contribution in [2.75, 3.05) is 26.1 Å². The molecule has 2 N–H and O–H groups in total. The molecule has 1 amide bonds. The molecule has 8 heteroatoms. The number of anilines is 1. The van der Waals surface area contributed by atoms with Gasteiger partial charge in [-0.2, -0.15) is 13.2 Å². The van der Waals surface area contributed by atoms with Gasteiger partial charge >= 0.3 is 6.18 Å². The van der Waals surface area contributed by atoms with Gasteiger partial charge < -0.3 is 20.1 Å². The fourth-order valence-corrected chi connectivity index (χ4v) is 2.45. The standard InChI is InChI=1S/C19H21F3N2O3/c1-12(13-5-4-6-14(9-13)19(20,21)22)23-11-18(25)24-16-10-15(26-2)7-8-17(16)27-3/h4-10,12,23H,11H2,1-3H3,(H,24,25)/t12-/m0/s1. The van der Waals surface area contributed by atoms with E-state index in [4.69, 9.17) is 9.47 Å². The summed E-state index contributed by atoms with van der Waals surface area (Å²) in [4.78, 5) is 12.2. The number of ether oxygens (including phenoxy) is 2. The minimum Gasteiger partial charge on any atom is -0.497 e. The van der Waals surface area contributed by atoms with E-state index in [9.17, 15) is 18.0 Å². The fraction of sp³-hybridized carbons (Fsp3) is 0.316. The zero-order valence-electron chi connectivity index (χ0n) is 15.2. The number of nitrogens with one attached hydrogen (secondary N) is 2. The summed E-state index contributed by atoms with van der Waals surface area (Å²) in [5, 5.41) is 5.60. The van der Waals surface area contributed by atoms with E-state index in [0.29, 0.717) is 22.7 Å². The Bertz CT molecular complexity index is 794. The number of carbonyl (C=O) groups excluding carboxylic acids is 1. The van der Waals surface area contributed by atoms with E-state index in [0.717, 1.165) is 12.1 Å². The van der Waals surface area contributed by atoms with Gasteiger partial charge in [0.15, 0.2) is 0 Å². The van der Waals surface area contributed by atoms with Gasteiger partial charge in [-0.1, -0.05) is 12.1 Å². The molecular weight excluding hydrogens is 361 g/mol. The third kappa shape index (κ3) is 5.62. The second-order valence-electron chi connectivity index (χ2n) is 5.84. The topological polar surface area (TPSA) is 59.6 Å². The molecule has 0 saturated heterocycles. The van der Waals surface area contributed by atoms with Crippen molar-refractivity contribution in [2.45, 2.75) is 19.1 Å². The second kappa shape index (κ2) is 8.77. The maximum absolute atomic E-state index is 12.8. The van der Waals surface area contributed by atoms with Gasteiger partial charge in [-0.3, -0.25) is 4.79 Å². The van der Waals surface area contributed by atoms with Gasteiger partial charge in [-0.15, -0.1) is 0 Å². The Morgan fingerprint density at radius 2 is 1.85 bits per heavy atom. The van der Waals surface area contributed by atoms with Gasteiger partial charge in [0.2, 0.25) is 5.91 Å². The first-order valence-electron chi connectivity index (χ1n) is 8.17. The Kier molecular flexibility index (Phi) is 6.68. The molecule has 1 atom stereocenters. The molecule has 0 aliphatic carbocycles. The molecule has 2 rings (SSSR count). The number of alkyl halides is 3. The Hall–Kier alpha value is -2.74. The lowest BCUT2D eigenvalue weighted by atomic mass is 10.0. The smallest absolute Gasteiger partial charge is 0.416 e. The van der Waals surface area contributed by atoms with Crippen LogP contribution in [0.5, 0.6) is 11.5 Å². The van der Waals surface area contributed by atoms with Crippen LogP contribution in [0.25, 0.3) is 0 Å². The first-order valence-corrected chi connectivity index (χ1v) is 8.17. The zero-order valence-corrected chi connectivity index (χ0v) is 15.2. The molecule has 0 spiro atoms. The number of hydrogen-bond acceptors (Lipinski definition) is 4. The Labute approximate surface area is 155 Å². The van der Waals surface area contributed by atoms with Gasteiger partial charge in [0.1, 0.15) is 11.5 Å². The van der Waals surface area contributed by atoms with Crippen LogP contribution < -0.4 is 20.1 Å². The molecular formula is C19H21F3N2O3. The summed E-state index contributed by atoms with van der Waals surface area (Å²) < 4.78 is 48.7. The first-order chi connectivity index (χ1) is 12.7. The van der Waals surface area contributed by atoms with Crippen LogP contribution in [0.3, 0.4) is 0 Å². The molecule has 0 heterocycles. The molecule has 2 aromatic carbocycles. The Balaban J connectivity index is 2.00. The zero-order chi connectivity index (χ0) is 20.0. The average Bonchev–Trinajstić information content (AvgIpc) is 2.65. The van der Waals surface area contributed by atoms with Crippen LogP contribution >= 0.6 is 0 Å². The van der Waals surface area contributed by atoms with Crippen molar-refractivity contribution in [1.82, 2.24) is 5.32 Å². The van der Waals surface area contributed by atoms with Gasteiger partial charge in [0.25, 0.3) is 0 Å². The summed E-state index contributed by atoms with van der Waals surface area (Å²) in [6, 6.07) is 9.54. The number of amides is 1. The summed E-state index contributed by atoms with van der Waals surface area (Å²) >= 11 is 0. The normalized spacial score (nSPS) is 12.4. The predicted molar refractivity (Wildman–Crippen MR) is 96.0 cm³/mol. The van der Waals surface area contributed by atoms with E-state index in [1.807, 2.05) is 0 Å². The molecule has 0 aliphatic heterocycles. The van der Waals surface area contributed by atoms with E-state index in [-0.39, 0.29) is 12.5 Å². The second-order valence-corrected chi connectivity index (χ2v) is 5.84. The van der Waals surface area contributed by atoms with Gasteiger partial charge in [0, 0.05) is 12.1 Å². The molecule has 0 saturated carbocycles. The van der Waals surface area contributed by atoms with E-state index in [1.54, 1.807) is 31.2 Å². The number of benzene rings is 2. The monoisotopic (exact) mass is 382 g/mol. The molecule has 2 aromatic rings. The molecule has 5 nitrogen and oxygen atoms in total.